The molecule has 422 valence electrons. The average Bonchev–Trinajstić information content (AvgIpc) is 2.89. The Balaban J connectivity index is 13.8. The van der Waals surface area contributed by atoms with Crippen molar-refractivity contribution in [1.29, 1.82) is 0 Å². The first-order valence-electron chi connectivity index (χ1n) is 15.6. The second-order valence-corrected chi connectivity index (χ2v) is 40.2. The third-order valence-electron chi connectivity index (χ3n) is 8.62. The van der Waals surface area contributed by atoms with Gasteiger partial charge < -0.3 is 143 Å². The summed E-state index contributed by atoms with van der Waals surface area (Å²) in [4.78, 5) is 293. The second-order valence-electron chi connectivity index (χ2n) is 13.8. The van der Waals surface area contributed by atoms with Gasteiger partial charge in [-0.05, 0) is 0 Å². The van der Waals surface area contributed by atoms with E-state index in [1.54, 1.807) is 0 Å². The highest BCUT2D eigenvalue weighted by molar-refractivity contribution is 7.76. The smallest absolute Gasteiger partial charge is 0.329 e. The van der Waals surface area contributed by atoms with Gasteiger partial charge in [-0.2, -0.15) is 0 Å². The zero-order valence-electron chi connectivity index (χ0n) is 32.4. The first kappa shape index (κ1) is 72.0. The summed E-state index contributed by atoms with van der Waals surface area (Å²) in [5, 5.41) is -26.7. The van der Waals surface area contributed by atoms with Crippen LogP contribution in [0.5, 0.6) is 0 Å². The van der Waals surface area contributed by atoms with Crippen LogP contribution >= 0.6 is 106 Å². The minimum absolute atomic E-state index is 2.51. The monoisotopic (exact) mass is 1320 g/mol. The van der Waals surface area contributed by atoms with Gasteiger partial charge in [-0.15, -0.1) is 0 Å². The van der Waals surface area contributed by atoms with Crippen molar-refractivity contribution in [1.82, 2.24) is 9.80 Å². The maximum Gasteiger partial charge on any atom is 0.355 e. The van der Waals surface area contributed by atoms with Gasteiger partial charge in [0.1, 0.15) is 0 Å². The maximum atomic E-state index is 13.9. The van der Waals surface area contributed by atoms with E-state index >= 15 is 0 Å². The van der Waals surface area contributed by atoms with Crippen LogP contribution in [-0.2, 0) is 63.9 Å². The van der Waals surface area contributed by atoms with Crippen LogP contribution in [0.3, 0.4) is 0 Å². The number of rotatable bonds is 26. The topological polar surface area (TPSA) is 838 Å². The van der Waals surface area contributed by atoms with E-state index < -0.39 is 178 Å². The van der Waals surface area contributed by atoms with E-state index in [4.69, 9.17) is 5.73 Å². The number of nitrogens with zero attached hydrogens (tertiary/aromatic N) is 2. The van der Waals surface area contributed by atoms with Crippen LogP contribution in [0.1, 0.15) is 0 Å². The predicted molar refractivity (Wildman–Crippen MR) is 218 cm³/mol. The highest BCUT2D eigenvalue weighted by Crippen LogP contribution is 2.88. The van der Waals surface area contributed by atoms with Crippen molar-refractivity contribution in [3.8, 4) is 0 Å². The van der Waals surface area contributed by atoms with E-state index in [1.165, 1.54) is 0 Å². The van der Waals surface area contributed by atoms with Crippen molar-refractivity contribution in [3.05, 3.63) is 0 Å². The largest absolute Gasteiger partial charge is 0.355 e. The molecule has 0 radical (unpaired) electrons. The zero-order chi connectivity index (χ0) is 57.6. The fourth-order valence-electron chi connectivity index (χ4n) is 7.66. The summed E-state index contributed by atoms with van der Waals surface area (Å²) in [5.41, 5.74) is -29.4. The van der Waals surface area contributed by atoms with Gasteiger partial charge in [0.2, 0.25) is 16.6 Å². The minimum Gasteiger partial charge on any atom is -0.329 e. The van der Waals surface area contributed by atoms with Crippen molar-refractivity contribution in [2.24, 2.45) is 5.73 Å². The van der Waals surface area contributed by atoms with Crippen LogP contribution in [0, 0.1) is 0 Å². The quantitative estimate of drug-likeness (QED) is 0.0358. The molecule has 0 heterocycles. The lowest BCUT2D eigenvalue weighted by atomic mass is 9.77. The van der Waals surface area contributed by atoms with Crippen molar-refractivity contribution < 1.29 is 201 Å². The average molecular weight is 1320 g/mol. The summed E-state index contributed by atoms with van der Waals surface area (Å²) in [6.07, 6.45) is 0. The summed E-state index contributed by atoms with van der Waals surface area (Å²) in [5.74, 6) is 0. The van der Waals surface area contributed by atoms with Gasteiger partial charge in [0.15, 0.2) is 21.6 Å². The Morgan fingerprint density at radius 2 is 0.429 bits per heavy atom. The highest BCUT2D eigenvalue weighted by Gasteiger charge is 2.92. The third kappa shape index (κ3) is 15.6. The molecule has 59 heteroatoms. The lowest BCUT2D eigenvalue weighted by Crippen LogP contribution is -2.87. The Bertz CT molecular complexity index is 2350. The van der Waals surface area contributed by atoms with Gasteiger partial charge in [-0.1, -0.05) is 0 Å². The molecule has 0 fully saturated rings. The normalized spacial score (nSPS) is 16.4. The predicted octanol–water partition coefficient (Wildman–Crippen LogP) is -7.33. The van der Waals surface area contributed by atoms with E-state index in [2.05, 4.69) is 0 Å². The minimum atomic E-state index is -9.07. The molecule has 0 aliphatic rings. The van der Waals surface area contributed by atoms with Crippen LogP contribution < -0.4 is 5.73 Å². The number of hydrogen-bond donors (Lipinski definition) is 29. The van der Waals surface area contributed by atoms with E-state index in [-0.39, 0.29) is 0 Å². The van der Waals surface area contributed by atoms with Crippen LogP contribution in [0.25, 0.3) is 0 Å². The van der Waals surface area contributed by atoms with Gasteiger partial charge in [-0.25, -0.2) is 4.90 Å². The third-order valence-corrected chi connectivity index (χ3v) is 34.7. The van der Waals surface area contributed by atoms with Crippen molar-refractivity contribution in [3.63, 3.8) is 0 Å². The van der Waals surface area contributed by atoms with Crippen molar-refractivity contribution >= 4 is 106 Å². The first-order chi connectivity index (χ1) is 29.6. The molecule has 30 N–H and O–H groups in total. The molecule has 0 bridgehead atoms. The van der Waals surface area contributed by atoms with Crippen LogP contribution in [0.4, 0.5) is 0 Å². The Hall–Kier alpha value is 1.98. The number of hydrogen-bond acceptors (Lipinski definition) is 17. The summed E-state index contributed by atoms with van der Waals surface area (Å²) < 4.78 is 192. The molecule has 0 aromatic carbocycles. The summed E-state index contributed by atoms with van der Waals surface area (Å²) in [7, 11) is -123. The molecule has 0 saturated heterocycles. The Morgan fingerprint density at radius 3 is 0.557 bits per heavy atom. The molecule has 0 aromatic rings. The van der Waals surface area contributed by atoms with E-state index in [0.717, 1.165) is 0 Å². The Morgan fingerprint density at radius 1 is 0.271 bits per heavy atom. The van der Waals surface area contributed by atoms with Crippen molar-refractivity contribution in [2.75, 3.05) is 13.1 Å². The molecule has 0 rings (SSSR count). The standard InChI is InChI=1S/C11H41N3O42P14/c12-1-2-13(7(65(39,40)41)66(42,43)44)10(3(57(15,16)17)58(18,19)20,4(59(21,22)23)60(24,25)26)11(5(61(27,28)29)62(30,31)32,6(63(33,34)35)64(36,37)38)14(8(67(45,46)47)68(48,49)50)9(69(51,52)53)70(54,55)56/h3-9H,1-2,12H2,(H2,15,16,17)(H2,18,19,20)(H2,21,22,23)(H2,24,25,26)(H2,27,28,29)(H2,30,31,32)(H2,33,34,35)(H2,36,37,38)(H2,39,40,41)(H2,42,43,44)(H2,45,46,47)(H2,48,49,50)(H2,51,52,53)(H2,54,55,56). The molecule has 45 nitrogen and oxygen atoms in total. The Kier molecular flexibility index (Phi) is 22.2. The Labute approximate surface area is 384 Å². The van der Waals surface area contributed by atoms with Gasteiger partial charge in [-0.3, -0.25) is 68.8 Å². The molecule has 70 heavy (non-hydrogen) atoms. The molecule has 0 aliphatic carbocycles. The molecule has 0 aliphatic heterocycles. The molecule has 0 saturated carbocycles. The first-order valence-corrected chi connectivity index (χ1v) is 39.2. The molecular formula is C11H41N3O42P14. The van der Waals surface area contributed by atoms with Crippen LogP contribution in [-0.4, -0.2) is 209 Å². The van der Waals surface area contributed by atoms with Crippen LogP contribution in [0.15, 0.2) is 0 Å². The van der Waals surface area contributed by atoms with Gasteiger partial charge in [0.25, 0.3) is 0 Å². The molecule has 0 aromatic heterocycles. The SMILES string of the molecule is NCCN(C(P(=O)(O)O)P(=O)(O)O)C(C(P(=O)(O)O)P(=O)(O)O)(C(P(=O)(O)O)P(=O)(O)O)C(C(P(=O)(O)O)P(=O)(O)O)(C(P(=O)(O)O)P(=O)(O)O)N(C(P(=O)(O)O)P(=O)(O)O)C(P(=O)(O)O)P(=O)(O)O. The van der Waals surface area contributed by atoms with E-state index in [9.17, 15) is 201 Å². The summed E-state index contributed by atoms with van der Waals surface area (Å²) in [6, 6.07) is 0. The van der Waals surface area contributed by atoms with E-state index in [0.29, 0.717) is 0 Å². The fraction of sp³-hybridized carbons (Fsp3) is 1.00. The maximum absolute atomic E-state index is 13.9. The lowest BCUT2D eigenvalue weighted by molar-refractivity contribution is -0.0733. The molecule has 0 atom stereocenters. The molecule has 0 unspecified atom stereocenters. The zero-order valence-corrected chi connectivity index (χ0v) is 44.9. The lowest BCUT2D eigenvalue weighted by Gasteiger charge is -2.68. The van der Waals surface area contributed by atoms with Gasteiger partial charge in [0.05, 0.1) is 11.1 Å². The van der Waals surface area contributed by atoms with Gasteiger partial charge >= 0.3 is 106 Å². The molecule has 0 spiro atoms. The second kappa shape index (κ2) is 21.6. The summed E-state index contributed by atoms with van der Waals surface area (Å²) >= 11 is 0. The van der Waals surface area contributed by atoms with Crippen LogP contribution in [0.2, 0.25) is 0 Å². The molecule has 0 amide bonds. The highest BCUT2D eigenvalue weighted by atomic mass is 31.3. The fourth-order valence-corrected chi connectivity index (χ4v) is 32.0. The summed E-state index contributed by atoms with van der Waals surface area (Å²) in [6.45, 7) is -5.85. The number of nitrogens with two attached hydrogens (primary N) is 1. The van der Waals surface area contributed by atoms with Gasteiger partial charge in [0, 0.05) is 13.1 Å². The molecular weight excluding hydrogens is 1280 g/mol. The van der Waals surface area contributed by atoms with E-state index in [1.807, 2.05) is 0 Å². The van der Waals surface area contributed by atoms with Crippen molar-refractivity contribution in [2.45, 2.75) is 49.3 Å².